The first kappa shape index (κ1) is 20.9. The largest absolute Gasteiger partial charge is 0.497 e. The van der Waals surface area contributed by atoms with Gasteiger partial charge in [0, 0.05) is 12.0 Å². The molecule has 3 aromatic carbocycles. The smallest absolute Gasteiger partial charge is 0.303 e. The minimum atomic E-state index is -0.807. The van der Waals surface area contributed by atoms with E-state index in [0.717, 1.165) is 29.5 Å². The number of benzene rings is 3. The van der Waals surface area contributed by atoms with Gasteiger partial charge in [-0.3, -0.25) is 4.79 Å². The van der Waals surface area contributed by atoms with Gasteiger partial charge in [-0.05, 0) is 83.8 Å². The van der Waals surface area contributed by atoms with Gasteiger partial charge in [0.2, 0.25) is 0 Å². The second-order valence-electron chi connectivity index (χ2n) is 7.87. The monoisotopic (exact) mass is 420 g/mol. The number of carbonyl (C=O) groups is 1. The lowest BCUT2D eigenvalue weighted by Gasteiger charge is -2.14. The van der Waals surface area contributed by atoms with Crippen LogP contribution < -0.4 is 9.47 Å². The first-order chi connectivity index (χ1) is 15.0. The lowest BCUT2D eigenvalue weighted by molar-refractivity contribution is -0.136. The molecule has 1 N–H and O–H groups in total. The molecule has 1 aliphatic rings. The zero-order valence-electron chi connectivity index (χ0n) is 17.4. The molecule has 1 saturated carbocycles. The Labute approximate surface area is 181 Å². The van der Waals surface area contributed by atoms with Crippen molar-refractivity contribution in [2.75, 3.05) is 7.11 Å². The summed E-state index contributed by atoms with van der Waals surface area (Å²) in [5.74, 6) is 0.743. The van der Waals surface area contributed by atoms with Crippen LogP contribution >= 0.6 is 0 Å². The molecule has 0 aliphatic heterocycles. The van der Waals surface area contributed by atoms with Gasteiger partial charge in [0.05, 0.1) is 7.11 Å². The van der Waals surface area contributed by atoms with Crippen molar-refractivity contribution in [1.82, 2.24) is 0 Å². The summed E-state index contributed by atoms with van der Waals surface area (Å²) in [7, 11) is 1.58. The second-order valence-corrected chi connectivity index (χ2v) is 7.87. The maximum atomic E-state index is 14.7. The molecular formula is C26H25FO4. The molecule has 0 spiro atoms. The summed E-state index contributed by atoms with van der Waals surface area (Å²) in [6.45, 7) is 0.359. The van der Waals surface area contributed by atoms with Crippen molar-refractivity contribution in [3.05, 3.63) is 83.2 Å². The van der Waals surface area contributed by atoms with Gasteiger partial charge in [-0.1, -0.05) is 24.3 Å². The third-order valence-electron chi connectivity index (χ3n) is 5.55. The zero-order valence-corrected chi connectivity index (χ0v) is 17.4. The lowest BCUT2D eigenvalue weighted by Crippen LogP contribution is -1.99. The summed E-state index contributed by atoms with van der Waals surface area (Å²) in [6, 6.07) is 18.4. The highest BCUT2D eigenvalue weighted by molar-refractivity contribution is 5.71. The summed E-state index contributed by atoms with van der Waals surface area (Å²) < 4.78 is 25.9. The first-order valence-corrected chi connectivity index (χ1v) is 10.4. The Kier molecular flexibility index (Phi) is 6.21. The number of rotatable bonds is 9. The van der Waals surface area contributed by atoms with Crippen molar-refractivity contribution in [2.45, 2.75) is 38.2 Å². The maximum Gasteiger partial charge on any atom is 0.303 e. The van der Waals surface area contributed by atoms with Gasteiger partial charge in [0.15, 0.2) is 0 Å². The molecule has 31 heavy (non-hydrogen) atoms. The predicted molar refractivity (Wildman–Crippen MR) is 117 cm³/mol. The molecule has 0 heterocycles. The number of hydrogen-bond acceptors (Lipinski definition) is 3. The molecule has 4 rings (SSSR count). The topological polar surface area (TPSA) is 55.8 Å². The molecule has 3 aromatic rings. The van der Waals surface area contributed by atoms with E-state index >= 15 is 0 Å². The van der Waals surface area contributed by atoms with Crippen molar-refractivity contribution >= 4 is 5.97 Å². The van der Waals surface area contributed by atoms with Crippen molar-refractivity contribution < 1.29 is 23.8 Å². The molecule has 160 valence electrons. The first-order valence-electron chi connectivity index (χ1n) is 10.4. The van der Waals surface area contributed by atoms with E-state index in [1.54, 1.807) is 19.2 Å². The van der Waals surface area contributed by atoms with E-state index in [4.69, 9.17) is 14.6 Å². The number of aliphatic carboxylic acids is 1. The number of halogens is 1. The molecule has 0 saturated heterocycles. The molecule has 0 unspecified atom stereocenters. The fourth-order valence-corrected chi connectivity index (χ4v) is 3.68. The van der Waals surface area contributed by atoms with E-state index in [2.05, 4.69) is 6.07 Å². The van der Waals surface area contributed by atoms with Crippen LogP contribution in [0.15, 0.2) is 60.7 Å². The van der Waals surface area contributed by atoms with Crippen molar-refractivity contribution in [2.24, 2.45) is 0 Å². The van der Waals surface area contributed by atoms with Gasteiger partial charge < -0.3 is 14.6 Å². The van der Waals surface area contributed by atoms with Gasteiger partial charge in [-0.15, -0.1) is 0 Å². The SMILES string of the molecule is COc1ccc(F)c(-c2cc(COc3ccc(CCC(=O)O)cc3)ccc2C2CC2)c1. The van der Waals surface area contributed by atoms with Gasteiger partial charge in [-0.25, -0.2) is 4.39 Å². The third kappa shape index (κ3) is 5.23. The van der Waals surface area contributed by atoms with Gasteiger partial charge in [0.1, 0.15) is 23.9 Å². The Hall–Kier alpha value is -3.34. The van der Waals surface area contributed by atoms with Crippen LogP contribution in [-0.4, -0.2) is 18.2 Å². The molecule has 0 atom stereocenters. The van der Waals surface area contributed by atoms with Crippen LogP contribution in [0.2, 0.25) is 0 Å². The van der Waals surface area contributed by atoms with E-state index in [0.29, 0.717) is 36.0 Å². The summed E-state index contributed by atoms with van der Waals surface area (Å²) >= 11 is 0. The van der Waals surface area contributed by atoms with Crippen LogP contribution in [0.4, 0.5) is 4.39 Å². The number of aryl methyl sites for hydroxylation is 1. The van der Waals surface area contributed by atoms with E-state index in [9.17, 15) is 9.18 Å². The Morgan fingerprint density at radius 2 is 1.68 bits per heavy atom. The molecule has 4 nitrogen and oxygen atoms in total. The second kappa shape index (κ2) is 9.21. The fraction of sp³-hybridized carbons (Fsp3) is 0.269. The van der Waals surface area contributed by atoms with E-state index in [-0.39, 0.29) is 12.2 Å². The predicted octanol–water partition coefficient (Wildman–Crippen LogP) is 5.97. The minimum absolute atomic E-state index is 0.108. The Morgan fingerprint density at radius 3 is 2.35 bits per heavy atom. The van der Waals surface area contributed by atoms with Gasteiger partial charge >= 0.3 is 5.97 Å². The highest BCUT2D eigenvalue weighted by Crippen LogP contribution is 2.45. The summed E-state index contributed by atoms with van der Waals surface area (Å²) in [4.78, 5) is 10.7. The zero-order chi connectivity index (χ0) is 21.8. The van der Waals surface area contributed by atoms with Crippen LogP contribution in [0.3, 0.4) is 0 Å². The number of carboxylic acids is 1. The van der Waals surface area contributed by atoms with E-state index in [1.165, 1.54) is 11.6 Å². The lowest BCUT2D eigenvalue weighted by atomic mass is 9.94. The molecule has 1 fully saturated rings. The standard InChI is InChI=1S/C26H25FO4/c1-30-21-10-12-25(27)24(15-21)23-14-18(4-11-22(23)19-6-7-19)16-31-20-8-2-17(3-9-20)5-13-26(28)29/h2-4,8-12,14-15,19H,5-7,13,16H2,1H3,(H,28,29). The van der Waals surface area contributed by atoms with Crippen LogP contribution in [0.5, 0.6) is 11.5 Å². The highest BCUT2D eigenvalue weighted by atomic mass is 19.1. The fourth-order valence-electron chi connectivity index (χ4n) is 3.68. The van der Waals surface area contributed by atoms with E-state index in [1.807, 2.05) is 36.4 Å². The number of ether oxygens (including phenoxy) is 2. The maximum absolute atomic E-state index is 14.7. The van der Waals surface area contributed by atoms with Crippen LogP contribution in [0, 0.1) is 5.82 Å². The Balaban J connectivity index is 1.52. The van der Waals surface area contributed by atoms with Crippen molar-refractivity contribution in [3.8, 4) is 22.6 Å². The molecule has 0 aromatic heterocycles. The number of carboxylic acid groups (broad SMARTS) is 1. The van der Waals surface area contributed by atoms with Gasteiger partial charge in [0.25, 0.3) is 0 Å². The Morgan fingerprint density at radius 1 is 0.968 bits per heavy atom. The third-order valence-corrected chi connectivity index (χ3v) is 5.55. The van der Waals surface area contributed by atoms with Crippen LogP contribution in [0.25, 0.3) is 11.1 Å². The number of methoxy groups -OCH3 is 1. The molecule has 1 aliphatic carbocycles. The summed E-state index contributed by atoms with van der Waals surface area (Å²) in [5.41, 5.74) is 4.52. The molecular weight excluding hydrogens is 395 g/mol. The van der Waals surface area contributed by atoms with E-state index < -0.39 is 5.97 Å². The molecule has 0 bridgehead atoms. The quantitative estimate of drug-likeness (QED) is 0.463. The summed E-state index contributed by atoms with van der Waals surface area (Å²) in [6.07, 6.45) is 2.86. The van der Waals surface area contributed by atoms with Crippen molar-refractivity contribution in [3.63, 3.8) is 0 Å². The van der Waals surface area contributed by atoms with Crippen LogP contribution in [-0.2, 0) is 17.8 Å². The number of hydrogen-bond donors (Lipinski definition) is 1. The minimum Gasteiger partial charge on any atom is -0.497 e. The highest BCUT2D eigenvalue weighted by Gasteiger charge is 2.27. The average Bonchev–Trinajstić information content (AvgIpc) is 3.62. The normalized spacial score (nSPS) is 13.1. The average molecular weight is 420 g/mol. The molecule has 0 amide bonds. The van der Waals surface area contributed by atoms with Gasteiger partial charge in [-0.2, -0.15) is 0 Å². The molecule has 5 heteroatoms. The Bertz CT molecular complexity index is 1070. The molecule has 0 radical (unpaired) electrons. The van der Waals surface area contributed by atoms with Crippen LogP contribution in [0.1, 0.15) is 41.9 Å². The van der Waals surface area contributed by atoms with Crippen molar-refractivity contribution in [1.29, 1.82) is 0 Å². The summed E-state index contributed by atoms with van der Waals surface area (Å²) in [5, 5.41) is 8.79.